The number of aromatic nitrogens is 2. The van der Waals surface area contributed by atoms with Crippen LogP contribution in [0.25, 0.3) is 55.1 Å². The molecule has 0 saturated carbocycles. The Balaban J connectivity index is 1.35. The number of para-hydroxylation sites is 5. The molecule has 0 radical (unpaired) electrons. The van der Waals surface area contributed by atoms with Crippen molar-refractivity contribution < 1.29 is 4.42 Å². The maximum Gasteiger partial charge on any atom is 0.289 e. The molecule has 1 aliphatic heterocycles. The van der Waals surface area contributed by atoms with Crippen LogP contribution in [0, 0.1) is 0 Å². The lowest BCUT2D eigenvalue weighted by Gasteiger charge is -2.35. The van der Waals surface area contributed by atoms with Crippen molar-refractivity contribution in [2.24, 2.45) is 0 Å². The lowest BCUT2D eigenvalue weighted by molar-refractivity contribution is 0.669. The molecule has 3 aromatic heterocycles. The summed E-state index contributed by atoms with van der Waals surface area (Å²) in [6.07, 6.45) is 0. The van der Waals surface area contributed by atoms with E-state index in [1.54, 1.807) is 0 Å². The minimum Gasteiger partial charge on any atom is -0.456 e. The van der Waals surface area contributed by atoms with Gasteiger partial charge in [-0.3, -0.25) is 0 Å². The summed E-state index contributed by atoms with van der Waals surface area (Å²) < 4.78 is 11.5. The monoisotopic (exact) mass is 651 g/mol. The minimum absolute atomic E-state index is 0.0948. The van der Waals surface area contributed by atoms with Gasteiger partial charge in [0.25, 0.3) is 6.71 Å². The maximum absolute atomic E-state index is 6.54. The Bertz CT molecular complexity index is 2800. The molecule has 10 aromatic rings. The van der Waals surface area contributed by atoms with Gasteiger partial charge in [-0.25, -0.2) is 0 Å². The van der Waals surface area contributed by atoms with Crippen molar-refractivity contribution in [1.82, 2.24) is 9.13 Å². The van der Waals surface area contributed by atoms with Crippen molar-refractivity contribution in [2.45, 2.75) is 0 Å². The second-order valence-electron chi connectivity index (χ2n) is 13.3. The fraction of sp³-hybridized carbons (Fsp3) is 0. The molecule has 4 nitrogen and oxygen atoms in total. The molecule has 0 fully saturated rings. The van der Waals surface area contributed by atoms with Crippen LogP contribution < -0.4 is 21.5 Å². The molecule has 0 atom stereocenters. The topological polar surface area (TPSA) is 26.2 Å². The summed E-state index contributed by atoms with van der Waals surface area (Å²) in [7, 11) is 0. The predicted molar refractivity (Wildman–Crippen MR) is 213 cm³/mol. The summed E-state index contributed by atoms with van der Waals surface area (Å²) in [5, 5.41) is 4.64. The van der Waals surface area contributed by atoms with Gasteiger partial charge in [-0.1, -0.05) is 127 Å². The molecule has 7 aromatic carbocycles. The van der Waals surface area contributed by atoms with Crippen LogP contribution >= 0.6 is 0 Å². The third-order valence-electron chi connectivity index (χ3n) is 10.5. The van der Waals surface area contributed by atoms with Gasteiger partial charge in [0.2, 0.25) is 0 Å². The number of hydrogen-bond donors (Lipinski definition) is 0. The van der Waals surface area contributed by atoms with Gasteiger partial charge in [0.05, 0.1) is 28.1 Å². The Hall–Kier alpha value is -6.72. The quantitative estimate of drug-likeness (QED) is 0.177. The molecule has 0 bridgehead atoms. The fourth-order valence-corrected chi connectivity index (χ4v) is 8.51. The van der Waals surface area contributed by atoms with Gasteiger partial charge in [-0.2, -0.15) is 0 Å². The van der Waals surface area contributed by atoms with Gasteiger partial charge < -0.3 is 18.5 Å². The highest BCUT2D eigenvalue weighted by atomic mass is 16.3. The molecule has 0 unspecified atom stereocenters. The van der Waals surface area contributed by atoms with Gasteiger partial charge in [-0.05, 0) is 54.6 Å². The third kappa shape index (κ3) is 4.03. The largest absolute Gasteiger partial charge is 0.456 e. The normalized spacial score (nSPS) is 12.6. The summed E-state index contributed by atoms with van der Waals surface area (Å²) >= 11 is 0. The zero-order chi connectivity index (χ0) is 33.5. The lowest BCUT2D eigenvalue weighted by atomic mass is 9.38. The van der Waals surface area contributed by atoms with Gasteiger partial charge in [0.1, 0.15) is 11.2 Å². The Morgan fingerprint density at radius 1 is 0.373 bits per heavy atom. The highest BCUT2D eigenvalue weighted by molar-refractivity contribution is 6.98. The van der Waals surface area contributed by atoms with Crippen molar-refractivity contribution >= 4 is 84.2 Å². The standard InChI is InChI=1S/C46H30BN3O/c1-4-16-31(17-5-1)47-45-43(37-23-10-13-25-39(37)48(45)32-18-6-2-7-19-32)50(34-28-29-36-35-22-12-15-27-41(35)51-42(36)30-34)44-38-24-11-14-26-40(38)49(46(44)47)33-20-8-3-9-21-33/h1-30H. The van der Waals surface area contributed by atoms with Crippen LogP contribution in [0.2, 0.25) is 0 Å². The van der Waals surface area contributed by atoms with Crippen LogP contribution in [0.4, 0.5) is 17.1 Å². The molecule has 0 amide bonds. The van der Waals surface area contributed by atoms with E-state index in [0.29, 0.717) is 0 Å². The number of nitrogens with zero attached hydrogens (tertiary/aromatic N) is 3. The number of hydrogen-bond acceptors (Lipinski definition) is 2. The molecule has 51 heavy (non-hydrogen) atoms. The van der Waals surface area contributed by atoms with Gasteiger partial charge >= 0.3 is 0 Å². The van der Waals surface area contributed by atoms with E-state index in [2.05, 4.69) is 190 Å². The third-order valence-corrected chi connectivity index (χ3v) is 10.5. The average molecular weight is 652 g/mol. The van der Waals surface area contributed by atoms with Crippen LogP contribution in [0.15, 0.2) is 186 Å². The summed E-state index contributed by atoms with van der Waals surface area (Å²) in [6, 6.07) is 65.4. The van der Waals surface area contributed by atoms with Crippen LogP contribution in [-0.4, -0.2) is 15.8 Å². The molecule has 0 saturated heterocycles. The molecule has 5 heteroatoms. The van der Waals surface area contributed by atoms with E-state index in [0.717, 1.165) is 39.0 Å². The van der Waals surface area contributed by atoms with Crippen molar-refractivity contribution in [3.63, 3.8) is 0 Å². The van der Waals surface area contributed by atoms with E-state index >= 15 is 0 Å². The van der Waals surface area contributed by atoms with E-state index in [1.807, 2.05) is 6.07 Å². The van der Waals surface area contributed by atoms with Crippen molar-refractivity contribution in [2.75, 3.05) is 4.90 Å². The van der Waals surface area contributed by atoms with E-state index in [4.69, 9.17) is 4.42 Å². The summed E-state index contributed by atoms with van der Waals surface area (Å²) in [6.45, 7) is -0.0948. The van der Waals surface area contributed by atoms with Crippen molar-refractivity contribution in [3.05, 3.63) is 182 Å². The van der Waals surface area contributed by atoms with Gasteiger partial charge in [0.15, 0.2) is 0 Å². The highest BCUT2D eigenvalue weighted by Gasteiger charge is 2.44. The lowest BCUT2D eigenvalue weighted by Crippen LogP contribution is -2.60. The second kappa shape index (κ2) is 10.9. The first-order valence-electron chi connectivity index (χ1n) is 17.5. The molecule has 11 rings (SSSR count). The van der Waals surface area contributed by atoms with Crippen LogP contribution in [0.5, 0.6) is 0 Å². The Labute approximate surface area is 295 Å². The zero-order valence-corrected chi connectivity index (χ0v) is 27.6. The predicted octanol–water partition coefficient (Wildman–Crippen LogP) is 9.77. The first-order valence-corrected chi connectivity index (χ1v) is 17.5. The number of furan rings is 1. The number of benzene rings is 7. The van der Waals surface area contributed by atoms with Crippen LogP contribution in [0.1, 0.15) is 0 Å². The Kier molecular flexibility index (Phi) is 6.01. The molecule has 1 aliphatic rings. The summed E-state index contributed by atoms with van der Waals surface area (Å²) in [4.78, 5) is 2.51. The number of anilines is 3. The SMILES string of the molecule is c1ccc(B2c3c(c4ccccc4n3-c3ccccc3)N(c3ccc4c(c3)oc3ccccc34)c3c2n(-c2ccccc2)c2ccccc32)cc1. The van der Waals surface area contributed by atoms with E-state index in [9.17, 15) is 0 Å². The number of rotatable bonds is 4. The van der Waals surface area contributed by atoms with Crippen molar-refractivity contribution in [1.29, 1.82) is 0 Å². The van der Waals surface area contributed by atoms with Crippen LogP contribution in [-0.2, 0) is 0 Å². The Morgan fingerprint density at radius 3 is 1.43 bits per heavy atom. The molecule has 0 aliphatic carbocycles. The smallest absolute Gasteiger partial charge is 0.289 e. The van der Waals surface area contributed by atoms with Crippen LogP contribution in [0.3, 0.4) is 0 Å². The second-order valence-corrected chi connectivity index (χ2v) is 13.3. The van der Waals surface area contributed by atoms with E-state index < -0.39 is 0 Å². The van der Waals surface area contributed by atoms with Gasteiger partial charge in [0, 0.05) is 50.2 Å². The first kappa shape index (κ1) is 28.2. The average Bonchev–Trinajstić information content (AvgIpc) is 3.86. The molecular formula is C46H30BN3O. The van der Waals surface area contributed by atoms with E-state index in [-0.39, 0.29) is 6.71 Å². The molecule has 0 N–H and O–H groups in total. The zero-order valence-electron chi connectivity index (χ0n) is 27.6. The first-order chi connectivity index (χ1) is 25.3. The maximum atomic E-state index is 6.54. The summed E-state index contributed by atoms with van der Waals surface area (Å²) in [5.74, 6) is 0. The number of fused-ring (bicyclic) bond motifs is 9. The van der Waals surface area contributed by atoms with Gasteiger partial charge in [-0.15, -0.1) is 0 Å². The van der Waals surface area contributed by atoms with Crippen molar-refractivity contribution in [3.8, 4) is 11.4 Å². The summed E-state index contributed by atoms with van der Waals surface area (Å²) in [5.41, 5.74) is 13.5. The minimum atomic E-state index is -0.0948. The Morgan fingerprint density at radius 2 is 0.843 bits per heavy atom. The molecule has 4 heterocycles. The highest BCUT2D eigenvalue weighted by Crippen LogP contribution is 2.47. The van der Waals surface area contributed by atoms with E-state index in [1.165, 1.54) is 49.8 Å². The molecule has 238 valence electrons. The molecular weight excluding hydrogens is 621 g/mol. The molecule has 0 spiro atoms. The fourth-order valence-electron chi connectivity index (χ4n) is 8.51.